The Balaban J connectivity index is 1.44. The average Bonchev–Trinajstić information content (AvgIpc) is 3.48. The minimum atomic E-state index is -0.0443. The van der Waals surface area contributed by atoms with Gasteiger partial charge in [0.05, 0.1) is 32.5 Å². The van der Waals surface area contributed by atoms with Gasteiger partial charge in [-0.2, -0.15) is 21.0 Å². The van der Waals surface area contributed by atoms with Crippen molar-refractivity contribution in [3.63, 3.8) is 0 Å². The summed E-state index contributed by atoms with van der Waals surface area (Å²) in [7, 11) is 0. The van der Waals surface area contributed by atoms with Crippen molar-refractivity contribution >= 4 is 21.6 Å². The molecule has 6 rings (SSSR count). The van der Waals surface area contributed by atoms with E-state index in [-0.39, 0.29) is 5.92 Å². The molecule has 1 heterocycles. The van der Waals surface area contributed by atoms with Crippen LogP contribution < -0.4 is 0 Å². The number of fused-ring (bicyclic) bond motifs is 1. The number of aromatic nitrogens is 1. The Morgan fingerprint density at radius 3 is 2.02 bits per heavy atom. The molecule has 0 aliphatic heterocycles. The molecule has 4 aromatic carbocycles. The van der Waals surface area contributed by atoms with Gasteiger partial charge in [0.1, 0.15) is 29.3 Å². The first-order valence-corrected chi connectivity index (χ1v) is 13.7. The quantitative estimate of drug-likeness (QED) is 0.227. The standard InChI is InChI=1S/C35H19N5S/c36-18-26-11-9-24(13-31(26)20-38)22-5-7-23(8-6-22)28-15-29(25-10-12-27(19-37)32(14-25)21-39)17-30(16-28)35-40-33-3-1-2-4-34(33)41-35/h1-9,11-17,25H,10H2. The molecular formula is C35H19N5S. The lowest BCUT2D eigenvalue weighted by atomic mass is 9.84. The molecular weight excluding hydrogens is 522 g/mol. The van der Waals surface area contributed by atoms with Gasteiger partial charge >= 0.3 is 0 Å². The van der Waals surface area contributed by atoms with Crippen molar-refractivity contribution in [1.29, 1.82) is 21.0 Å². The van der Waals surface area contributed by atoms with Gasteiger partial charge in [0.2, 0.25) is 0 Å². The van der Waals surface area contributed by atoms with Crippen molar-refractivity contribution in [2.75, 3.05) is 0 Å². The molecule has 0 radical (unpaired) electrons. The van der Waals surface area contributed by atoms with E-state index in [4.69, 9.17) is 4.98 Å². The topological polar surface area (TPSA) is 108 Å². The molecule has 190 valence electrons. The number of benzene rings is 4. The maximum atomic E-state index is 9.63. The molecule has 1 aliphatic carbocycles. The van der Waals surface area contributed by atoms with E-state index in [1.165, 1.54) is 0 Å². The third-order valence-electron chi connectivity index (χ3n) is 7.21. The van der Waals surface area contributed by atoms with E-state index >= 15 is 0 Å². The number of hydrogen-bond donors (Lipinski definition) is 0. The number of nitriles is 4. The van der Waals surface area contributed by atoms with Gasteiger partial charge in [-0.1, -0.05) is 60.7 Å². The highest BCUT2D eigenvalue weighted by molar-refractivity contribution is 7.21. The molecule has 5 aromatic rings. The summed E-state index contributed by atoms with van der Waals surface area (Å²) in [5, 5.41) is 38.6. The molecule has 1 aromatic heterocycles. The number of nitrogens with zero attached hydrogens (tertiary/aromatic N) is 5. The Bertz CT molecular complexity index is 2040. The molecule has 6 heteroatoms. The molecule has 41 heavy (non-hydrogen) atoms. The van der Waals surface area contributed by atoms with Crippen LogP contribution in [0.5, 0.6) is 0 Å². The van der Waals surface area contributed by atoms with Gasteiger partial charge in [-0.3, -0.25) is 0 Å². The predicted octanol–water partition coefficient (Wildman–Crippen LogP) is 8.43. The molecule has 0 fully saturated rings. The summed E-state index contributed by atoms with van der Waals surface area (Å²) in [6.07, 6.45) is 4.37. The van der Waals surface area contributed by atoms with Gasteiger partial charge in [0.25, 0.3) is 0 Å². The fourth-order valence-electron chi connectivity index (χ4n) is 5.07. The third-order valence-corrected chi connectivity index (χ3v) is 8.30. The lowest BCUT2D eigenvalue weighted by Crippen LogP contribution is -2.03. The van der Waals surface area contributed by atoms with E-state index in [9.17, 15) is 21.0 Å². The molecule has 0 bridgehead atoms. The van der Waals surface area contributed by atoms with Crippen molar-refractivity contribution in [1.82, 2.24) is 4.98 Å². The highest BCUT2D eigenvalue weighted by Crippen LogP contribution is 2.38. The van der Waals surface area contributed by atoms with E-state index in [1.54, 1.807) is 23.5 Å². The van der Waals surface area contributed by atoms with E-state index < -0.39 is 0 Å². The number of rotatable bonds is 4. The maximum absolute atomic E-state index is 9.63. The number of para-hydroxylation sites is 1. The number of hydrogen-bond acceptors (Lipinski definition) is 6. The van der Waals surface area contributed by atoms with Gasteiger partial charge in [-0.15, -0.1) is 11.3 Å². The first kappa shape index (κ1) is 25.5. The zero-order valence-corrected chi connectivity index (χ0v) is 22.5. The van der Waals surface area contributed by atoms with Crippen LogP contribution in [0.4, 0.5) is 0 Å². The molecule has 1 unspecified atom stereocenters. The maximum Gasteiger partial charge on any atom is 0.124 e. The minimum Gasteiger partial charge on any atom is -0.236 e. The number of thiazole rings is 1. The summed E-state index contributed by atoms with van der Waals surface area (Å²) in [6.45, 7) is 0. The fourth-order valence-corrected chi connectivity index (χ4v) is 6.02. The van der Waals surface area contributed by atoms with Gasteiger partial charge in [-0.25, -0.2) is 4.98 Å². The van der Waals surface area contributed by atoms with Crippen LogP contribution in [0.25, 0.3) is 43.0 Å². The molecule has 0 saturated heterocycles. The zero-order chi connectivity index (χ0) is 28.3. The Morgan fingerprint density at radius 1 is 0.634 bits per heavy atom. The summed E-state index contributed by atoms with van der Waals surface area (Å²) in [4.78, 5) is 4.89. The van der Waals surface area contributed by atoms with Crippen LogP contribution in [0.15, 0.2) is 108 Å². The zero-order valence-electron chi connectivity index (χ0n) is 21.7. The first-order chi connectivity index (χ1) is 20.1. The summed E-state index contributed by atoms with van der Waals surface area (Å²) < 4.78 is 1.11. The van der Waals surface area contributed by atoms with Gasteiger partial charge in [0, 0.05) is 11.5 Å². The summed E-state index contributed by atoms with van der Waals surface area (Å²) in [6, 6.07) is 36.3. The first-order valence-electron chi connectivity index (χ1n) is 12.9. The number of allylic oxidation sites excluding steroid dienone is 4. The van der Waals surface area contributed by atoms with E-state index in [1.807, 2.05) is 60.7 Å². The summed E-state index contributed by atoms with van der Waals surface area (Å²) in [5.41, 5.74) is 8.38. The normalized spacial score (nSPS) is 14.2. The highest BCUT2D eigenvalue weighted by Gasteiger charge is 2.20. The Labute approximate surface area is 241 Å². The lowest BCUT2D eigenvalue weighted by Gasteiger charge is -2.19. The molecule has 0 spiro atoms. The van der Waals surface area contributed by atoms with Crippen LogP contribution in [-0.2, 0) is 0 Å². The average molecular weight is 542 g/mol. The second-order valence-corrected chi connectivity index (χ2v) is 10.7. The van der Waals surface area contributed by atoms with Crippen molar-refractivity contribution in [3.8, 4) is 57.1 Å². The van der Waals surface area contributed by atoms with Crippen molar-refractivity contribution in [2.24, 2.45) is 0 Å². The van der Waals surface area contributed by atoms with Crippen LogP contribution in [-0.4, -0.2) is 4.98 Å². The fraction of sp³-hybridized carbons (Fsp3) is 0.0571. The van der Waals surface area contributed by atoms with Crippen LogP contribution in [0.2, 0.25) is 0 Å². The molecule has 0 N–H and O–H groups in total. The largest absolute Gasteiger partial charge is 0.236 e. The van der Waals surface area contributed by atoms with Crippen LogP contribution >= 0.6 is 11.3 Å². The molecule has 1 atom stereocenters. The molecule has 0 saturated carbocycles. The van der Waals surface area contributed by atoms with E-state index in [0.29, 0.717) is 28.7 Å². The van der Waals surface area contributed by atoms with Crippen molar-refractivity contribution < 1.29 is 0 Å². The molecule has 1 aliphatic rings. The SMILES string of the molecule is N#CC1=CCC(c2cc(-c3ccc(-c4ccc(C#N)c(C#N)c4)cc3)cc(-c3nc4ccccc4s3)c2)C=C1C#N. The van der Waals surface area contributed by atoms with E-state index in [0.717, 1.165) is 48.6 Å². The van der Waals surface area contributed by atoms with Crippen molar-refractivity contribution in [2.45, 2.75) is 12.3 Å². The van der Waals surface area contributed by atoms with Crippen molar-refractivity contribution in [3.05, 3.63) is 125 Å². The Morgan fingerprint density at radius 2 is 1.32 bits per heavy atom. The second-order valence-electron chi connectivity index (χ2n) is 9.66. The van der Waals surface area contributed by atoms with E-state index in [2.05, 4.69) is 48.5 Å². The lowest BCUT2D eigenvalue weighted by molar-refractivity contribution is 0.843. The second kappa shape index (κ2) is 10.8. The van der Waals surface area contributed by atoms with Crippen LogP contribution in [0.3, 0.4) is 0 Å². The predicted molar refractivity (Wildman–Crippen MR) is 160 cm³/mol. The molecule has 5 nitrogen and oxygen atoms in total. The highest BCUT2D eigenvalue weighted by atomic mass is 32.1. The Hall–Kier alpha value is -5.79. The van der Waals surface area contributed by atoms with Gasteiger partial charge in [0.15, 0.2) is 0 Å². The van der Waals surface area contributed by atoms with Gasteiger partial charge < -0.3 is 0 Å². The minimum absolute atomic E-state index is 0.0443. The summed E-state index contributed by atoms with van der Waals surface area (Å²) >= 11 is 1.64. The van der Waals surface area contributed by atoms with Crippen LogP contribution in [0, 0.1) is 45.3 Å². The monoisotopic (exact) mass is 541 g/mol. The van der Waals surface area contributed by atoms with Crippen LogP contribution in [0.1, 0.15) is 29.0 Å². The Kier molecular flexibility index (Phi) is 6.69. The summed E-state index contributed by atoms with van der Waals surface area (Å²) in [5.74, 6) is -0.0443. The van der Waals surface area contributed by atoms with Gasteiger partial charge in [-0.05, 0) is 70.6 Å². The molecule has 0 amide bonds. The third kappa shape index (κ3) is 4.89. The smallest absolute Gasteiger partial charge is 0.124 e.